The largest absolute Gasteiger partial charge is 0.497 e. The van der Waals surface area contributed by atoms with Gasteiger partial charge in [-0.3, -0.25) is 4.98 Å². The Bertz CT molecular complexity index is 572. The van der Waals surface area contributed by atoms with Gasteiger partial charge in [0, 0.05) is 18.3 Å². The molecule has 0 fully saturated rings. The molecule has 2 rings (SSSR count). The van der Waals surface area contributed by atoms with Crippen molar-refractivity contribution in [2.75, 3.05) is 13.7 Å². The highest BCUT2D eigenvalue weighted by molar-refractivity contribution is 5.67. The molecule has 106 valence electrons. The Morgan fingerprint density at radius 3 is 2.80 bits per heavy atom. The van der Waals surface area contributed by atoms with Crippen LogP contribution in [0.5, 0.6) is 5.75 Å². The summed E-state index contributed by atoms with van der Waals surface area (Å²) in [6.45, 7) is 3.78. The van der Waals surface area contributed by atoms with Crippen LogP contribution in [0, 0.1) is 5.82 Å². The van der Waals surface area contributed by atoms with E-state index in [1.165, 1.54) is 12.3 Å². The second-order valence-corrected chi connectivity index (χ2v) is 4.59. The number of halogens is 1. The maximum absolute atomic E-state index is 13.3. The van der Waals surface area contributed by atoms with Gasteiger partial charge in [-0.25, -0.2) is 4.39 Å². The monoisotopic (exact) mass is 274 g/mol. The Hall–Kier alpha value is -1.94. The fourth-order valence-electron chi connectivity index (χ4n) is 2.08. The van der Waals surface area contributed by atoms with Crippen LogP contribution in [0.2, 0.25) is 0 Å². The number of hydrogen-bond donors (Lipinski definition) is 1. The molecule has 0 aliphatic carbocycles. The fraction of sp³-hybridized carbons (Fsp3) is 0.312. The number of aromatic nitrogens is 1. The van der Waals surface area contributed by atoms with E-state index in [2.05, 4.69) is 17.2 Å². The lowest BCUT2D eigenvalue weighted by Crippen LogP contribution is -2.14. The zero-order chi connectivity index (χ0) is 14.4. The molecule has 20 heavy (non-hydrogen) atoms. The van der Waals surface area contributed by atoms with E-state index in [0.717, 1.165) is 42.0 Å². The van der Waals surface area contributed by atoms with Crippen LogP contribution >= 0.6 is 0 Å². The van der Waals surface area contributed by atoms with Crippen molar-refractivity contribution in [2.45, 2.75) is 19.9 Å². The van der Waals surface area contributed by atoms with Crippen LogP contribution < -0.4 is 10.1 Å². The number of methoxy groups -OCH3 is 1. The second kappa shape index (κ2) is 7.01. The van der Waals surface area contributed by atoms with Crippen LogP contribution in [0.25, 0.3) is 11.1 Å². The Morgan fingerprint density at radius 1 is 1.25 bits per heavy atom. The second-order valence-electron chi connectivity index (χ2n) is 4.59. The molecule has 0 atom stereocenters. The van der Waals surface area contributed by atoms with Crippen molar-refractivity contribution < 1.29 is 9.13 Å². The highest BCUT2D eigenvalue weighted by Gasteiger charge is 2.08. The van der Waals surface area contributed by atoms with Gasteiger partial charge in [-0.1, -0.05) is 13.0 Å². The molecule has 1 N–H and O–H groups in total. The minimum atomic E-state index is -0.328. The molecule has 0 saturated carbocycles. The molecule has 0 unspecified atom stereocenters. The number of hydrogen-bond acceptors (Lipinski definition) is 3. The highest BCUT2D eigenvalue weighted by atomic mass is 19.1. The number of nitrogens with one attached hydrogen (secondary N) is 1. The number of benzene rings is 1. The van der Waals surface area contributed by atoms with Gasteiger partial charge in [0.05, 0.1) is 13.3 Å². The first-order valence-electron chi connectivity index (χ1n) is 6.73. The summed E-state index contributed by atoms with van der Waals surface area (Å²) in [6.07, 6.45) is 3.96. The van der Waals surface area contributed by atoms with Crippen LogP contribution in [0.1, 0.15) is 18.9 Å². The average Bonchev–Trinajstić information content (AvgIpc) is 2.47. The summed E-state index contributed by atoms with van der Waals surface area (Å²) in [6, 6.07) is 7.29. The maximum Gasteiger partial charge on any atom is 0.142 e. The third-order valence-electron chi connectivity index (χ3n) is 3.07. The molecule has 0 radical (unpaired) electrons. The molecule has 0 aliphatic rings. The van der Waals surface area contributed by atoms with Crippen molar-refractivity contribution >= 4 is 0 Å². The van der Waals surface area contributed by atoms with E-state index in [9.17, 15) is 4.39 Å². The predicted molar refractivity (Wildman–Crippen MR) is 78.2 cm³/mol. The average molecular weight is 274 g/mol. The van der Waals surface area contributed by atoms with Gasteiger partial charge < -0.3 is 10.1 Å². The Kier molecular flexibility index (Phi) is 5.07. The molecule has 0 aliphatic heterocycles. The van der Waals surface area contributed by atoms with Crippen LogP contribution in [-0.2, 0) is 6.54 Å². The van der Waals surface area contributed by atoms with Gasteiger partial charge in [0.1, 0.15) is 11.6 Å². The lowest BCUT2D eigenvalue weighted by Gasteiger charge is -2.12. The number of pyridine rings is 1. The van der Waals surface area contributed by atoms with E-state index in [-0.39, 0.29) is 5.82 Å². The van der Waals surface area contributed by atoms with Crippen molar-refractivity contribution in [3.63, 3.8) is 0 Å². The molecule has 1 aromatic carbocycles. The van der Waals surface area contributed by atoms with Gasteiger partial charge >= 0.3 is 0 Å². The zero-order valence-electron chi connectivity index (χ0n) is 11.8. The summed E-state index contributed by atoms with van der Waals surface area (Å²) < 4.78 is 18.6. The van der Waals surface area contributed by atoms with E-state index < -0.39 is 0 Å². The molecule has 0 saturated heterocycles. The van der Waals surface area contributed by atoms with Gasteiger partial charge in [-0.05, 0) is 42.3 Å². The molecule has 0 bridgehead atoms. The fourth-order valence-corrected chi connectivity index (χ4v) is 2.08. The van der Waals surface area contributed by atoms with Gasteiger partial charge in [-0.2, -0.15) is 0 Å². The first-order chi connectivity index (χ1) is 9.74. The topological polar surface area (TPSA) is 34.1 Å². The van der Waals surface area contributed by atoms with Crippen LogP contribution in [0.3, 0.4) is 0 Å². The van der Waals surface area contributed by atoms with E-state index in [4.69, 9.17) is 4.74 Å². The molecule has 0 spiro atoms. The van der Waals surface area contributed by atoms with Crippen molar-refractivity contribution in [1.82, 2.24) is 10.3 Å². The van der Waals surface area contributed by atoms with Crippen LogP contribution in [0.15, 0.2) is 36.7 Å². The summed E-state index contributed by atoms with van der Waals surface area (Å²) in [4.78, 5) is 3.91. The van der Waals surface area contributed by atoms with Gasteiger partial charge in [0.2, 0.25) is 0 Å². The smallest absolute Gasteiger partial charge is 0.142 e. The van der Waals surface area contributed by atoms with E-state index >= 15 is 0 Å². The SMILES string of the molecule is CCCNCc1cc(OC)ccc1-c1cncc(F)c1. The van der Waals surface area contributed by atoms with E-state index in [1.54, 1.807) is 13.3 Å². The number of ether oxygens (including phenoxy) is 1. The standard InChI is InChI=1S/C16H19FN2O/c1-3-6-18-9-13-8-15(20-2)4-5-16(13)12-7-14(17)11-19-10-12/h4-5,7-8,10-11,18H,3,6,9H2,1-2H3. The Morgan fingerprint density at radius 2 is 2.10 bits per heavy atom. The molecular weight excluding hydrogens is 255 g/mol. The van der Waals surface area contributed by atoms with Crippen molar-refractivity contribution in [1.29, 1.82) is 0 Å². The van der Waals surface area contributed by atoms with E-state index in [0.29, 0.717) is 0 Å². The normalized spacial score (nSPS) is 10.6. The molecule has 0 amide bonds. The third kappa shape index (κ3) is 3.54. The molecule has 4 heteroatoms. The maximum atomic E-state index is 13.3. The molecular formula is C16H19FN2O. The van der Waals surface area contributed by atoms with Crippen molar-refractivity contribution in [2.24, 2.45) is 0 Å². The Labute approximate surface area is 118 Å². The zero-order valence-corrected chi connectivity index (χ0v) is 11.8. The lowest BCUT2D eigenvalue weighted by molar-refractivity contribution is 0.414. The third-order valence-corrected chi connectivity index (χ3v) is 3.07. The van der Waals surface area contributed by atoms with Gasteiger partial charge in [0.25, 0.3) is 0 Å². The molecule has 3 nitrogen and oxygen atoms in total. The summed E-state index contributed by atoms with van der Waals surface area (Å²) in [5.41, 5.74) is 2.83. The first kappa shape index (κ1) is 14.5. The molecule has 1 aromatic heterocycles. The quantitative estimate of drug-likeness (QED) is 0.820. The summed E-state index contributed by atoms with van der Waals surface area (Å²) in [5, 5.41) is 3.36. The Balaban J connectivity index is 2.35. The van der Waals surface area contributed by atoms with Crippen LogP contribution in [0.4, 0.5) is 4.39 Å². The molecule has 1 heterocycles. The predicted octanol–water partition coefficient (Wildman–Crippen LogP) is 3.40. The minimum absolute atomic E-state index is 0.328. The van der Waals surface area contributed by atoms with Gasteiger partial charge in [-0.15, -0.1) is 0 Å². The number of rotatable bonds is 6. The van der Waals surface area contributed by atoms with E-state index in [1.807, 2.05) is 18.2 Å². The highest BCUT2D eigenvalue weighted by Crippen LogP contribution is 2.27. The van der Waals surface area contributed by atoms with Crippen molar-refractivity contribution in [3.05, 3.63) is 48.0 Å². The number of nitrogens with zero attached hydrogens (tertiary/aromatic N) is 1. The van der Waals surface area contributed by atoms with Crippen molar-refractivity contribution in [3.8, 4) is 16.9 Å². The summed E-state index contributed by atoms with van der Waals surface area (Å²) in [5.74, 6) is 0.470. The minimum Gasteiger partial charge on any atom is -0.497 e. The van der Waals surface area contributed by atoms with Gasteiger partial charge in [0.15, 0.2) is 0 Å². The molecule has 2 aromatic rings. The first-order valence-corrected chi connectivity index (χ1v) is 6.73. The summed E-state index contributed by atoms with van der Waals surface area (Å²) in [7, 11) is 1.64. The summed E-state index contributed by atoms with van der Waals surface area (Å²) >= 11 is 0. The van der Waals surface area contributed by atoms with Crippen LogP contribution in [-0.4, -0.2) is 18.6 Å². The lowest BCUT2D eigenvalue weighted by atomic mass is 10.0.